The van der Waals surface area contributed by atoms with Crippen molar-refractivity contribution in [2.75, 3.05) is 7.11 Å². The summed E-state index contributed by atoms with van der Waals surface area (Å²) in [4.78, 5) is 18.5. The normalized spacial score (nSPS) is 10.4. The van der Waals surface area contributed by atoms with E-state index in [1.807, 2.05) is 25.1 Å². The Morgan fingerprint density at radius 2 is 2.06 bits per heavy atom. The van der Waals surface area contributed by atoms with Gasteiger partial charge in [0.05, 0.1) is 12.8 Å². The van der Waals surface area contributed by atoms with Gasteiger partial charge in [-0.15, -0.1) is 0 Å². The van der Waals surface area contributed by atoms with Crippen molar-refractivity contribution in [2.24, 2.45) is 0 Å². The van der Waals surface area contributed by atoms with Crippen LogP contribution in [0.1, 0.15) is 11.4 Å². The molecule has 0 radical (unpaired) electrons. The first-order valence-electron chi connectivity index (χ1n) is 5.44. The number of nitrogens with zero attached hydrogens (tertiary/aromatic N) is 1. The zero-order valence-electron chi connectivity index (χ0n) is 10.4. The lowest BCUT2D eigenvalue weighted by atomic mass is 10.1. The lowest BCUT2D eigenvalue weighted by Crippen LogP contribution is -2.11. The number of benzene rings is 1. The Bertz CT molecular complexity index is 650. The van der Waals surface area contributed by atoms with E-state index in [1.54, 1.807) is 14.0 Å². The van der Waals surface area contributed by atoms with Crippen LogP contribution >= 0.6 is 11.6 Å². The third kappa shape index (κ3) is 2.24. The fourth-order valence-electron chi connectivity index (χ4n) is 1.78. The standard InChI is InChI=1S/C13H13ClN2O2/c1-7-6-9(18-3)4-5-10(7)12-11(14)13(17)16-8(2)15-12/h4-6H,1-3H3,(H,15,16,17). The second-order valence-corrected chi connectivity index (χ2v) is 4.37. The van der Waals surface area contributed by atoms with E-state index in [0.29, 0.717) is 11.5 Å². The molecule has 2 aromatic rings. The van der Waals surface area contributed by atoms with Gasteiger partial charge in [-0.05, 0) is 37.6 Å². The largest absolute Gasteiger partial charge is 0.497 e. The summed E-state index contributed by atoms with van der Waals surface area (Å²) in [6.45, 7) is 3.65. The Labute approximate surface area is 110 Å². The second kappa shape index (κ2) is 4.82. The number of rotatable bonds is 2. The topological polar surface area (TPSA) is 55.0 Å². The van der Waals surface area contributed by atoms with Gasteiger partial charge >= 0.3 is 0 Å². The zero-order valence-corrected chi connectivity index (χ0v) is 11.1. The number of hydrogen-bond acceptors (Lipinski definition) is 3. The quantitative estimate of drug-likeness (QED) is 0.907. The summed E-state index contributed by atoms with van der Waals surface area (Å²) in [6.07, 6.45) is 0. The highest BCUT2D eigenvalue weighted by Crippen LogP contribution is 2.28. The molecule has 0 saturated carbocycles. The van der Waals surface area contributed by atoms with Crippen molar-refractivity contribution in [3.05, 3.63) is 45.0 Å². The molecule has 18 heavy (non-hydrogen) atoms. The molecule has 94 valence electrons. The summed E-state index contributed by atoms with van der Waals surface area (Å²) in [5.41, 5.74) is 1.95. The number of ether oxygens (including phenoxy) is 1. The summed E-state index contributed by atoms with van der Waals surface area (Å²) in [5.74, 6) is 1.29. The third-order valence-electron chi connectivity index (χ3n) is 2.67. The van der Waals surface area contributed by atoms with Gasteiger partial charge in [0.1, 0.15) is 16.6 Å². The fraction of sp³-hybridized carbons (Fsp3) is 0.231. The number of H-pyrrole nitrogens is 1. The van der Waals surface area contributed by atoms with Crippen LogP contribution in [0, 0.1) is 13.8 Å². The molecule has 1 aromatic heterocycles. The molecule has 0 aliphatic heterocycles. The second-order valence-electron chi connectivity index (χ2n) is 3.99. The molecule has 0 amide bonds. The lowest BCUT2D eigenvalue weighted by molar-refractivity contribution is 0.414. The van der Waals surface area contributed by atoms with Crippen LogP contribution in [0.15, 0.2) is 23.0 Å². The fourth-order valence-corrected chi connectivity index (χ4v) is 1.97. The van der Waals surface area contributed by atoms with Crippen LogP contribution in [-0.2, 0) is 0 Å². The van der Waals surface area contributed by atoms with Crippen LogP contribution in [0.25, 0.3) is 11.3 Å². The van der Waals surface area contributed by atoms with Gasteiger partial charge in [-0.3, -0.25) is 4.79 Å². The molecule has 5 heteroatoms. The molecule has 1 heterocycles. The minimum absolute atomic E-state index is 0.105. The monoisotopic (exact) mass is 264 g/mol. The van der Waals surface area contributed by atoms with Crippen molar-refractivity contribution in [3.8, 4) is 17.0 Å². The Kier molecular flexibility index (Phi) is 3.39. The molecule has 0 aliphatic carbocycles. The summed E-state index contributed by atoms with van der Waals surface area (Å²) in [7, 11) is 1.61. The van der Waals surface area contributed by atoms with Crippen molar-refractivity contribution >= 4 is 11.6 Å². The highest BCUT2D eigenvalue weighted by Gasteiger charge is 2.12. The van der Waals surface area contributed by atoms with E-state index < -0.39 is 0 Å². The third-order valence-corrected chi connectivity index (χ3v) is 3.02. The van der Waals surface area contributed by atoms with Gasteiger partial charge in [0, 0.05) is 5.56 Å². The molecule has 0 unspecified atom stereocenters. The van der Waals surface area contributed by atoms with Gasteiger partial charge < -0.3 is 9.72 Å². The maximum atomic E-state index is 11.6. The van der Waals surface area contributed by atoms with E-state index in [-0.39, 0.29) is 10.6 Å². The molecule has 0 atom stereocenters. The van der Waals surface area contributed by atoms with Crippen molar-refractivity contribution in [1.82, 2.24) is 9.97 Å². The van der Waals surface area contributed by atoms with E-state index in [0.717, 1.165) is 16.9 Å². The predicted octanol–water partition coefficient (Wildman–Crippen LogP) is 2.72. The van der Waals surface area contributed by atoms with E-state index in [1.165, 1.54) is 0 Å². The molecule has 0 saturated heterocycles. The SMILES string of the molecule is COc1ccc(-c2nc(C)[nH]c(=O)c2Cl)c(C)c1. The predicted molar refractivity (Wildman–Crippen MR) is 71.3 cm³/mol. The number of aryl methyl sites for hydroxylation is 2. The maximum Gasteiger partial charge on any atom is 0.270 e. The van der Waals surface area contributed by atoms with Crippen LogP contribution in [0.4, 0.5) is 0 Å². The zero-order chi connectivity index (χ0) is 13.3. The van der Waals surface area contributed by atoms with E-state index in [2.05, 4.69) is 9.97 Å². The molecule has 4 nitrogen and oxygen atoms in total. The Morgan fingerprint density at radius 3 is 2.67 bits per heavy atom. The van der Waals surface area contributed by atoms with Crippen LogP contribution in [-0.4, -0.2) is 17.1 Å². The number of halogens is 1. The van der Waals surface area contributed by atoms with E-state index >= 15 is 0 Å². The first-order chi connectivity index (χ1) is 8.52. The molecule has 0 aliphatic rings. The van der Waals surface area contributed by atoms with Crippen molar-refractivity contribution < 1.29 is 4.74 Å². The van der Waals surface area contributed by atoms with Gasteiger partial charge in [0.15, 0.2) is 0 Å². The average molecular weight is 265 g/mol. The number of aromatic nitrogens is 2. The minimum Gasteiger partial charge on any atom is -0.497 e. The smallest absolute Gasteiger partial charge is 0.270 e. The molecule has 0 bridgehead atoms. The number of hydrogen-bond donors (Lipinski definition) is 1. The van der Waals surface area contributed by atoms with Gasteiger partial charge in [-0.2, -0.15) is 0 Å². The van der Waals surface area contributed by atoms with E-state index in [9.17, 15) is 4.79 Å². The molecular weight excluding hydrogens is 252 g/mol. The lowest BCUT2D eigenvalue weighted by Gasteiger charge is -2.09. The minimum atomic E-state index is -0.325. The summed E-state index contributed by atoms with van der Waals surface area (Å²) in [5, 5.41) is 0.105. The molecule has 1 aromatic carbocycles. The average Bonchev–Trinajstić information content (AvgIpc) is 2.34. The van der Waals surface area contributed by atoms with Gasteiger partial charge in [-0.1, -0.05) is 11.6 Å². The van der Waals surface area contributed by atoms with Crippen molar-refractivity contribution in [3.63, 3.8) is 0 Å². The van der Waals surface area contributed by atoms with E-state index in [4.69, 9.17) is 16.3 Å². The van der Waals surface area contributed by atoms with Crippen molar-refractivity contribution in [1.29, 1.82) is 0 Å². The highest BCUT2D eigenvalue weighted by molar-refractivity contribution is 6.32. The maximum absolute atomic E-state index is 11.6. The Hall–Kier alpha value is -1.81. The molecule has 0 spiro atoms. The van der Waals surface area contributed by atoms with Crippen LogP contribution in [0.5, 0.6) is 5.75 Å². The first kappa shape index (κ1) is 12.6. The van der Waals surface area contributed by atoms with Crippen LogP contribution < -0.4 is 10.3 Å². The number of methoxy groups -OCH3 is 1. The Morgan fingerprint density at radius 1 is 1.33 bits per heavy atom. The van der Waals surface area contributed by atoms with Crippen molar-refractivity contribution in [2.45, 2.75) is 13.8 Å². The van der Waals surface area contributed by atoms with Crippen LogP contribution in [0.3, 0.4) is 0 Å². The highest BCUT2D eigenvalue weighted by atomic mass is 35.5. The van der Waals surface area contributed by atoms with Crippen LogP contribution in [0.2, 0.25) is 5.02 Å². The summed E-state index contributed by atoms with van der Waals surface area (Å²) in [6, 6.07) is 5.54. The number of nitrogens with one attached hydrogen (secondary N) is 1. The molecule has 1 N–H and O–H groups in total. The first-order valence-corrected chi connectivity index (χ1v) is 5.82. The molecule has 2 rings (SSSR count). The van der Waals surface area contributed by atoms with Gasteiger partial charge in [0.25, 0.3) is 5.56 Å². The molecule has 0 fully saturated rings. The van der Waals surface area contributed by atoms with Gasteiger partial charge in [0.2, 0.25) is 0 Å². The Balaban J connectivity index is 2.66. The number of aromatic amines is 1. The summed E-state index contributed by atoms with van der Waals surface area (Å²) < 4.78 is 5.14. The molecular formula is C13H13ClN2O2. The summed E-state index contributed by atoms with van der Waals surface area (Å²) >= 11 is 6.01. The van der Waals surface area contributed by atoms with Gasteiger partial charge in [-0.25, -0.2) is 4.98 Å².